The van der Waals surface area contributed by atoms with Gasteiger partial charge in [0.1, 0.15) is 0 Å². The highest BCUT2D eigenvalue weighted by atomic mass is 16.5. The lowest BCUT2D eigenvalue weighted by atomic mass is 10.0. The van der Waals surface area contributed by atoms with Crippen molar-refractivity contribution >= 4 is 17.4 Å². The quantitative estimate of drug-likeness (QED) is 0.789. The number of ketones is 1. The van der Waals surface area contributed by atoms with Gasteiger partial charge in [-0.15, -0.1) is 0 Å². The van der Waals surface area contributed by atoms with Crippen LogP contribution in [0.25, 0.3) is 11.6 Å². The lowest BCUT2D eigenvalue weighted by Gasteiger charge is -2.01. The van der Waals surface area contributed by atoms with Crippen molar-refractivity contribution in [3.8, 4) is 0 Å². The molecule has 19 heavy (non-hydrogen) atoms. The van der Waals surface area contributed by atoms with E-state index in [1.54, 1.807) is 6.08 Å². The van der Waals surface area contributed by atoms with Crippen molar-refractivity contribution in [3.63, 3.8) is 0 Å². The van der Waals surface area contributed by atoms with Gasteiger partial charge in [-0.25, -0.2) is 0 Å². The minimum Gasteiger partial charge on any atom is -0.334 e. The number of Topliss-reactive ketones (excluding diaryl/α,β-unsaturated/α-hetero) is 1. The fourth-order valence-electron chi connectivity index (χ4n) is 1.73. The van der Waals surface area contributed by atoms with Crippen LogP contribution in [0.1, 0.15) is 36.7 Å². The Morgan fingerprint density at radius 1 is 1.37 bits per heavy atom. The molecule has 2 aromatic rings. The van der Waals surface area contributed by atoms with Gasteiger partial charge in [-0.3, -0.25) is 4.79 Å². The zero-order valence-electron chi connectivity index (χ0n) is 11.3. The summed E-state index contributed by atoms with van der Waals surface area (Å²) < 4.78 is 5.14. The summed E-state index contributed by atoms with van der Waals surface area (Å²) in [4.78, 5) is 16.0. The van der Waals surface area contributed by atoms with Gasteiger partial charge < -0.3 is 4.52 Å². The molecule has 0 aliphatic rings. The number of hydrogen-bond acceptors (Lipinski definition) is 4. The second-order valence-corrected chi connectivity index (χ2v) is 4.34. The maximum atomic E-state index is 11.8. The molecule has 4 heteroatoms. The predicted octanol–water partition coefficient (Wildman–Crippen LogP) is 3.07. The Hall–Kier alpha value is -2.23. The standard InChI is InChI=1S/C15H16N2O2/c1-4-14-16-15(19-17-14)13(11(3)18)9-12-8-6-5-7-10(12)2/h5-9H,4H2,1-3H3/b13-9-. The monoisotopic (exact) mass is 256 g/mol. The molecule has 0 radical (unpaired) electrons. The lowest BCUT2D eigenvalue weighted by Crippen LogP contribution is -1.97. The molecule has 98 valence electrons. The van der Waals surface area contributed by atoms with Gasteiger partial charge in [0.25, 0.3) is 5.89 Å². The summed E-state index contributed by atoms with van der Waals surface area (Å²) in [6, 6.07) is 7.84. The van der Waals surface area contributed by atoms with E-state index in [4.69, 9.17) is 4.52 Å². The van der Waals surface area contributed by atoms with Crippen LogP contribution < -0.4 is 0 Å². The van der Waals surface area contributed by atoms with Crippen LogP contribution >= 0.6 is 0 Å². The second kappa shape index (κ2) is 5.61. The Kier molecular flexibility index (Phi) is 3.90. The van der Waals surface area contributed by atoms with E-state index >= 15 is 0 Å². The Balaban J connectivity index is 2.46. The summed E-state index contributed by atoms with van der Waals surface area (Å²) in [6.07, 6.45) is 2.48. The molecular weight excluding hydrogens is 240 g/mol. The Morgan fingerprint density at radius 2 is 2.11 bits per heavy atom. The highest BCUT2D eigenvalue weighted by Crippen LogP contribution is 2.19. The summed E-state index contributed by atoms with van der Waals surface area (Å²) in [5, 5.41) is 3.82. The number of carbonyl (C=O) groups excluding carboxylic acids is 1. The molecule has 0 atom stereocenters. The molecular formula is C15H16N2O2. The van der Waals surface area contributed by atoms with Crippen LogP contribution in [0.5, 0.6) is 0 Å². The summed E-state index contributed by atoms with van der Waals surface area (Å²) in [5.41, 5.74) is 2.52. The van der Waals surface area contributed by atoms with E-state index in [1.807, 2.05) is 38.1 Å². The highest BCUT2D eigenvalue weighted by Gasteiger charge is 2.15. The van der Waals surface area contributed by atoms with Gasteiger partial charge in [0.2, 0.25) is 0 Å². The Morgan fingerprint density at radius 3 is 2.68 bits per heavy atom. The maximum absolute atomic E-state index is 11.8. The lowest BCUT2D eigenvalue weighted by molar-refractivity contribution is -0.111. The third-order valence-corrected chi connectivity index (χ3v) is 2.88. The molecule has 0 unspecified atom stereocenters. The van der Waals surface area contributed by atoms with E-state index in [9.17, 15) is 4.79 Å². The molecule has 0 aliphatic carbocycles. The van der Waals surface area contributed by atoms with E-state index in [1.165, 1.54) is 6.92 Å². The number of carbonyl (C=O) groups is 1. The van der Waals surface area contributed by atoms with Crippen molar-refractivity contribution in [3.05, 3.63) is 47.1 Å². The molecule has 2 rings (SSSR count). The van der Waals surface area contributed by atoms with E-state index in [-0.39, 0.29) is 11.7 Å². The predicted molar refractivity (Wildman–Crippen MR) is 73.4 cm³/mol. The Bertz CT molecular complexity index is 627. The second-order valence-electron chi connectivity index (χ2n) is 4.34. The summed E-state index contributed by atoms with van der Waals surface area (Å²) in [6.45, 7) is 5.43. The molecule has 4 nitrogen and oxygen atoms in total. The zero-order chi connectivity index (χ0) is 13.8. The van der Waals surface area contributed by atoms with E-state index in [0.29, 0.717) is 17.8 Å². The molecule has 0 aliphatic heterocycles. The molecule has 0 saturated carbocycles. The first-order valence-electron chi connectivity index (χ1n) is 6.23. The number of hydrogen-bond donors (Lipinski definition) is 0. The molecule has 1 aromatic carbocycles. The van der Waals surface area contributed by atoms with E-state index in [0.717, 1.165) is 11.1 Å². The number of aromatic nitrogens is 2. The van der Waals surface area contributed by atoms with Gasteiger partial charge in [0.15, 0.2) is 11.6 Å². The molecule has 0 N–H and O–H groups in total. The Labute approximate surface area is 112 Å². The van der Waals surface area contributed by atoms with Crippen LogP contribution in [-0.4, -0.2) is 15.9 Å². The number of rotatable bonds is 4. The van der Waals surface area contributed by atoms with Crippen LogP contribution in [0.15, 0.2) is 28.8 Å². The number of allylic oxidation sites excluding steroid dienone is 1. The van der Waals surface area contributed by atoms with Crippen molar-refractivity contribution in [2.75, 3.05) is 0 Å². The average molecular weight is 256 g/mol. The van der Waals surface area contributed by atoms with Crippen molar-refractivity contribution in [2.24, 2.45) is 0 Å². The van der Waals surface area contributed by atoms with Gasteiger partial charge in [0, 0.05) is 6.42 Å². The zero-order valence-corrected chi connectivity index (χ0v) is 11.3. The van der Waals surface area contributed by atoms with Gasteiger partial charge in [-0.1, -0.05) is 36.3 Å². The number of benzene rings is 1. The summed E-state index contributed by atoms with van der Waals surface area (Å²) >= 11 is 0. The first-order chi connectivity index (χ1) is 9.11. The molecule has 1 heterocycles. The minimum absolute atomic E-state index is 0.0884. The fraction of sp³-hybridized carbons (Fsp3) is 0.267. The largest absolute Gasteiger partial charge is 0.334 e. The number of nitrogens with zero attached hydrogens (tertiary/aromatic N) is 2. The fourth-order valence-corrected chi connectivity index (χ4v) is 1.73. The van der Waals surface area contributed by atoms with E-state index in [2.05, 4.69) is 10.1 Å². The van der Waals surface area contributed by atoms with Crippen molar-refractivity contribution in [2.45, 2.75) is 27.2 Å². The molecule has 0 spiro atoms. The smallest absolute Gasteiger partial charge is 0.261 e. The van der Waals surface area contributed by atoms with Crippen molar-refractivity contribution in [1.82, 2.24) is 10.1 Å². The molecule has 0 saturated heterocycles. The van der Waals surface area contributed by atoms with Crippen molar-refractivity contribution in [1.29, 1.82) is 0 Å². The SMILES string of the molecule is CCc1noc(/C(=C\c2ccccc2C)C(C)=O)n1. The first kappa shape index (κ1) is 13.2. The summed E-state index contributed by atoms with van der Waals surface area (Å²) in [7, 11) is 0. The number of aryl methyl sites for hydroxylation is 2. The van der Waals surface area contributed by atoms with Crippen LogP contribution in [0.4, 0.5) is 0 Å². The van der Waals surface area contributed by atoms with Crippen LogP contribution in [0.3, 0.4) is 0 Å². The van der Waals surface area contributed by atoms with E-state index < -0.39 is 0 Å². The van der Waals surface area contributed by atoms with Gasteiger partial charge in [-0.2, -0.15) is 4.98 Å². The highest BCUT2D eigenvalue weighted by molar-refractivity contribution is 6.23. The molecule has 0 amide bonds. The molecule has 1 aromatic heterocycles. The average Bonchev–Trinajstić information content (AvgIpc) is 2.86. The van der Waals surface area contributed by atoms with Gasteiger partial charge >= 0.3 is 0 Å². The van der Waals surface area contributed by atoms with Gasteiger partial charge in [0.05, 0.1) is 5.57 Å². The van der Waals surface area contributed by atoms with Crippen molar-refractivity contribution < 1.29 is 9.32 Å². The van der Waals surface area contributed by atoms with Gasteiger partial charge in [-0.05, 0) is 31.1 Å². The normalized spacial score (nSPS) is 11.6. The van der Waals surface area contributed by atoms with Crippen LogP contribution in [0, 0.1) is 6.92 Å². The third-order valence-electron chi connectivity index (χ3n) is 2.88. The molecule has 0 fully saturated rings. The first-order valence-corrected chi connectivity index (χ1v) is 6.23. The summed E-state index contributed by atoms with van der Waals surface area (Å²) in [5.74, 6) is 0.800. The minimum atomic E-state index is -0.0884. The van der Waals surface area contributed by atoms with Crippen LogP contribution in [0.2, 0.25) is 0 Å². The maximum Gasteiger partial charge on any atom is 0.261 e. The van der Waals surface area contributed by atoms with Crippen LogP contribution in [-0.2, 0) is 11.2 Å². The topological polar surface area (TPSA) is 56.0 Å². The third kappa shape index (κ3) is 2.96. The molecule has 0 bridgehead atoms.